The summed E-state index contributed by atoms with van der Waals surface area (Å²) in [5, 5.41) is 3.29. The molecule has 0 aromatic rings. The average Bonchev–Trinajstić information content (AvgIpc) is 2.17. The Labute approximate surface area is 93.3 Å². The molecule has 3 nitrogen and oxygen atoms in total. The highest BCUT2D eigenvalue weighted by molar-refractivity contribution is 5.80. The average molecular weight is 209 g/mol. The fourth-order valence-electron chi connectivity index (χ4n) is 2.33. The van der Waals surface area contributed by atoms with Crippen molar-refractivity contribution in [3.63, 3.8) is 0 Å². The molecule has 0 unspecified atom stereocenters. The van der Waals surface area contributed by atoms with Gasteiger partial charge in [0.1, 0.15) is 0 Å². The summed E-state index contributed by atoms with van der Waals surface area (Å²) < 4.78 is 0. The molecule has 0 saturated carbocycles. The first-order chi connectivity index (χ1) is 7.17. The third-order valence-electron chi connectivity index (χ3n) is 2.78. The van der Waals surface area contributed by atoms with Crippen molar-refractivity contribution in [2.45, 2.75) is 20.3 Å². The maximum atomic E-state index is 4.30. The Kier molecular flexibility index (Phi) is 4.66. The highest BCUT2D eigenvalue weighted by Gasteiger charge is 2.23. The molecule has 3 heteroatoms. The van der Waals surface area contributed by atoms with Gasteiger partial charge in [0.2, 0.25) is 0 Å². The Bertz CT molecular complexity index is 225. The minimum Gasteiger partial charge on any atom is -0.353 e. The number of aliphatic imine (C=N–C) groups is 1. The molecule has 1 fully saturated rings. The van der Waals surface area contributed by atoms with Crippen LogP contribution in [0.5, 0.6) is 0 Å². The van der Waals surface area contributed by atoms with Gasteiger partial charge in [0, 0.05) is 26.7 Å². The maximum absolute atomic E-state index is 4.30. The summed E-state index contributed by atoms with van der Waals surface area (Å²) in [6, 6.07) is 0. The predicted octanol–water partition coefficient (Wildman–Crippen LogP) is 1.73. The monoisotopic (exact) mass is 209 g/mol. The van der Waals surface area contributed by atoms with Crippen LogP contribution in [0, 0.1) is 11.8 Å². The molecule has 0 aromatic carbocycles. The number of hydrogen-bond acceptors (Lipinski definition) is 1. The molecular formula is C12H23N3. The summed E-state index contributed by atoms with van der Waals surface area (Å²) in [5.74, 6) is 2.53. The van der Waals surface area contributed by atoms with E-state index in [1.165, 1.54) is 6.42 Å². The van der Waals surface area contributed by atoms with Gasteiger partial charge in [-0.3, -0.25) is 4.99 Å². The molecule has 86 valence electrons. The van der Waals surface area contributed by atoms with Crippen LogP contribution in [0.2, 0.25) is 0 Å². The highest BCUT2D eigenvalue weighted by Crippen LogP contribution is 2.20. The van der Waals surface area contributed by atoms with Crippen LogP contribution in [-0.2, 0) is 0 Å². The van der Waals surface area contributed by atoms with Crippen molar-refractivity contribution in [3.8, 4) is 0 Å². The first-order valence-electron chi connectivity index (χ1n) is 5.73. The van der Waals surface area contributed by atoms with E-state index < -0.39 is 0 Å². The van der Waals surface area contributed by atoms with Gasteiger partial charge >= 0.3 is 0 Å². The van der Waals surface area contributed by atoms with Crippen molar-refractivity contribution in [3.05, 3.63) is 12.7 Å². The zero-order chi connectivity index (χ0) is 11.3. The molecule has 1 heterocycles. The summed E-state index contributed by atoms with van der Waals surface area (Å²) in [4.78, 5) is 6.65. The lowest BCUT2D eigenvalue weighted by Gasteiger charge is -2.36. The van der Waals surface area contributed by atoms with Gasteiger partial charge in [-0.2, -0.15) is 0 Å². The van der Waals surface area contributed by atoms with E-state index in [1.807, 2.05) is 13.1 Å². The van der Waals surface area contributed by atoms with Gasteiger partial charge in [-0.25, -0.2) is 0 Å². The number of piperidine rings is 1. The Hall–Kier alpha value is -0.990. The molecular weight excluding hydrogens is 186 g/mol. The second kappa shape index (κ2) is 5.79. The van der Waals surface area contributed by atoms with Crippen molar-refractivity contribution in [2.24, 2.45) is 16.8 Å². The lowest BCUT2D eigenvalue weighted by Crippen LogP contribution is -2.48. The summed E-state index contributed by atoms with van der Waals surface area (Å²) in [6.45, 7) is 11.3. The van der Waals surface area contributed by atoms with Gasteiger partial charge in [0.05, 0.1) is 0 Å². The SMILES string of the molecule is C=CCNC(=NC)N1C[C@@H](C)C[C@H](C)C1. The van der Waals surface area contributed by atoms with Crippen LogP contribution in [0.25, 0.3) is 0 Å². The van der Waals surface area contributed by atoms with Crippen molar-refractivity contribution in [2.75, 3.05) is 26.7 Å². The molecule has 0 aliphatic carbocycles. The van der Waals surface area contributed by atoms with Crippen molar-refractivity contribution in [1.29, 1.82) is 0 Å². The van der Waals surface area contributed by atoms with Crippen LogP contribution in [0.1, 0.15) is 20.3 Å². The Morgan fingerprint density at radius 1 is 1.47 bits per heavy atom. The number of nitrogens with one attached hydrogen (secondary N) is 1. The van der Waals surface area contributed by atoms with E-state index in [2.05, 4.69) is 35.6 Å². The van der Waals surface area contributed by atoms with Crippen molar-refractivity contribution in [1.82, 2.24) is 10.2 Å². The van der Waals surface area contributed by atoms with E-state index in [-0.39, 0.29) is 0 Å². The smallest absolute Gasteiger partial charge is 0.193 e. The lowest BCUT2D eigenvalue weighted by atomic mass is 9.92. The Morgan fingerprint density at radius 2 is 2.07 bits per heavy atom. The maximum Gasteiger partial charge on any atom is 0.193 e. The van der Waals surface area contributed by atoms with Gasteiger partial charge in [0.25, 0.3) is 0 Å². The van der Waals surface area contributed by atoms with Crippen molar-refractivity contribution < 1.29 is 0 Å². The molecule has 0 radical (unpaired) electrons. The molecule has 1 N–H and O–H groups in total. The van der Waals surface area contributed by atoms with Gasteiger partial charge in [-0.1, -0.05) is 19.9 Å². The van der Waals surface area contributed by atoms with Crippen LogP contribution in [-0.4, -0.2) is 37.5 Å². The van der Waals surface area contributed by atoms with Gasteiger partial charge in [-0.05, 0) is 18.3 Å². The topological polar surface area (TPSA) is 27.6 Å². The van der Waals surface area contributed by atoms with E-state index in [0.717, 1.165) is 37.4 Å². The largest absolute Gasteiger partial charge is 0.353 e. The molecule has 2 atom stereocenters. The zero-order valence-corrected chi connectivity index (χ0v) is 10.2. The third kappa shape index (κ3) is 3.57. The van der Waals surface area contributed by atoms with E-state index in [4.69, 9.17) is 0 Å². The molecule has 0 bridgehead atoms. The number of hydrogen-bond donors (Lipinski definition) is 1. The van der Waals surface area contributed by atoms with E-state index in [9.17, 15) is 0 Å². The molecule has 1 saturated heterocycles. The van der Waals surface area contributed by atoms with Gasteiger partial charge < -0.3 is 10.2 Å². The molecule has 0 aromatic heterocycles. The minimum absolute atomic E-state index is 0.760. The first kappa shape index (κ1) is 12.1. The van der Waals surface area contributed by atoms with E-state index in [0.29, 0.717) is 0 Å². The summed E-state index contributed by atoms with van der Waals surface area (Å²) >= 11 is 0. The zero-order valence-electron chi connectivity index (χ0n) is 10.2. The second-order valence-electron chi connectivity index (χ2n) is 4.57. The number of likely N-dealkylation sites (tertiary alicyclic amines) is 1. The summed E-state index contributed by atoms with van der Waals surface area (Å²) in [6.07, 6.45) is 3.19. The fourth-order valence-corrected chi connectivity index (χ4v) is 2.33. The second-order valence-corrected chi connectivity index (χ2v) is 4.57. The Morgan fingerprint density at radius 3 is 2.53 bits per heavy atom. The third-order valence-corrected chi connectivity index (χ3v) is 2.78. The van der Waals surface area contributed by atoms with Gasteiger partial charge in [-0.15, -0.1) is 6.58 Å². The van der Waals surface area contributed by atoms with Crippen LogP contribution in [0.3, 0.4) is 0 Å². The molecule has 0 amide bonds. The number of nitrogens with zero attached hydrogens (tertiary/aromatic N) is 2. The van der Waals surface area contributed by atoms with Crippen LogP contribution in [0.15, 0.2) is 17.6 Å². The lowest BCUT2D eigenvalue weighted by molar-refractivity contribution is 0.209. The molecule has 1 aliphatic heterocycles. The fraction of sp³-hybridized carbons (Fsp3) is 0.750. The first-order valence-corrected chi connectivity index (χ1v) is 5.73. The standard InChI is InChI=1S/C12H23N3/c1-5-6-14-12(13-4)15-8-10(2)7-11(3)9-15/h5,10-11H,1,6-9H2,2-4H3,(H,13,14)/t10-,11-/m0/s1. The van der Waals surface area contributed by atoms with E-state index >= 15 is 0 Å². The van der Waals surface area contributed by atoms with Crippen molar-refractivity contribution >= 4 is 5.96 Å². The van der Waals surface area contributed by atoms with Crippen LogP contribution < -0.4 is 5.32 Å². The van der Waals surface area contributed by atoms with Gasteiger partial charge in [0.15, 0.2) is 5.96 Å². The Balaban J connectivity index is 2.55. The number of guanidine groups is 1. The molecule has 1 rings (SSSR count). The molecule has 0 spiro atoms. The highest BCUT2D eigenvalue weighted by atomic mass is 15.3. The van der Waals surface area contributed by atoms with Crippen LogP contribution in [0.4, 0.5) is 0 Å². The number of rotatable bonds is 2. The quantitative estimate of drug-likeness (QED) is 0.426. The molecule has 1 aliphatic rings. The normalized spacial score (nSPS) is 27.7. The summed E-state index contributed by atoms with van der Waals surface area (Å²) in [5.41, 5.74) is 0. The molecule has 15 heavy (non-hydrogen) atoms. The predicted molar refractivity (Wildman–Crippen MR) is 66.1 cm³/mol. The summed E-state index contributed by atoms with van der Waals surface area (Å²) in [7, 11) is 1.84. The van der Waals surface area contributed by atoms with E-state index in [1.54, 1.807) is 0 Å². The van der Waals surface area contributed by atoms with Crippen LogP contribution >= 0.6 is 0 Å². The minimum atomic E-state index is 0.760.